The normalized spacial score (nSPS) is 16.3. The Balaban J connectivity index is 1.73. The molecule has 1 aliphatic rings. The second kappa shape index (κ2) is 6.99. The Bertz CT molecular complexity index is 790. The molecule has 0 bridgehead atoms. The van der Waals surface area contributed by atoms with E-state index in [-0.39, 0.29) is 10.6 Å². The fourth-order valence-corrected chi connectivity index (χ4v) is 4.39. The standard InChI is InChI=1S/C14H17FN4O3S2/c1-2-22-13-4-3-11(9-12(13)15)24(20,21)19-7-5-18(6-8-19)14-10-16-23-17-14/h3-4,9-10H,2,5-8H2,1H3. The van der Waals surface area contributed by atoms with E-state index >= 15 is 0 Å². The summed E-state index contributed by atoms with van der Waals surface area (Å²) in [6, 6.07) is 3.74. The number of ether oxygens (including phenoxy) is 1. The second-order valence-electron chi connectivity index (χ2n) is 5.18. The SMILES string of the molecule is CCOc1ccc(S(=O)(=O)N2CCN(c3cnsn3)CC2)cc1F. The van der Waals surface area contributed by atoms with E-state index in [1.807, 2.05) is 4.90 Å². The molecule has 3 rings (SSSR count). The molecule has 1 aromatic heterocycles. The van der Waals surface area contributed by atoms with Crippen LogP contribution in [0.3, 0.4) is 0 Å². The zero-order valence-electron chi connectivity index (χ0n) is 13.1. The first-order valence-corrected chi connectivity index (χ1v) is 9.64. The second-order valence-corrected chi connectivity index (χ2v) is 7.68. The molecule has 130 valence electrons. The Labute approximate surface area is 144 Å². The van der Waals surface area contributed by atoms with Gasteiger partial charge in [-0.1, -0.05) is 0 Å². The minimum absolute atomic E-state index is 0.0531. The molecule has 2 heterocycles. The highest BCUT2D eigenvalue weighted by Crippen LogP contribution is 2.25. The number of piperazine rings is 1. The molecule has 0 amide bonds. The lowest BCUT2D eigenvalue weighted by Crippen LogP contribution is -2.48. The minimum atomic E-state index is -3.73. The summed E-state index contributed by atoms with van der Waals surface area (Å²) in [6.45, 7) is 3.72. The van der Waals surface area contributed by atoms with Crippen LogP contribution in [-0.4, -0.2) is 54.3 Å². The molecule has 1 saturated heterocycles. The van der Waals surface area contributed by atoms with Crippen LogP contribution in [0.1, 0.15) is 6.92 Å². The van der Waals surface area contributed by atoms with Gasteiger partial charge >= 0.3 is 0 Å². The highest BCUT2D eigenvalue weighted by molar-refractivity contribution is 7.89. The van der Waals surface area contributed by atoms with Crippen molar-refractivity contribution in [3.63, 3.8) is 0 Å². The first kappa shape index (κ1) is 17.1. The lowest BCUT2D eigenvalue weighted by Gasteiger charge is -2.33. The number of aromatic nitrogens is 2. The lowest BCUT2D eigenvalue weighted by atomic mass is 10.3. The van der Waals surface area contributed by atoms with Crippen LogP contribution in [0.5, 0.6) is 5.75 Å². The van der Waals surface area contributed by atoms with Gasteiger partial charge in [0.05, 0.1) is 29.4 Å². The molecule has 0 radical (unpaired) electrons. The highest BCUT2D eigenvalue weighted by atomic mass is 32.2. The van der Waals surface area contributed by atoms with Crippen molar-refractivity contribution in [3.8, 4) is 5.75 Å². The fourth-order valence-electron chi connectivity index (χ4n) is 2.52. The summed E-state index contributed by atoms with van der Waals surface area (Å²) in [7, 11) is -3.73. The maximum absolute atomic E-state index is 14.0. The van der Waals surface area contributed by atoms with E-state index in [0.29, 0.717) is 32.8 Å². The topological polar surface area (TPSA) is 75.6 Å². The number of rotatable bonds is 5. The average molecular weight is 372 g/mol. The summed E-state index contributed by atoms with van der Waals surface area (Å²) >= 11 is 1.12. The number of hydrogen-bond donors (Lipinski definition) is 0. The third-order valence-corrected chi connectivity index (χ3v) is 6.12. The van der Waals surface area contributed by atoms with Crippen molar-refractivity contribution in [3.05, 3.63) is 30.2 Å². The van der Waals surface area contributed by atoms with Crippen molar-refractivity contribution in [2.75, 3.05) is 37.7 Å². The van der Waals surface area contributed by atoms with Gasteiger partial charge in [-0.05, 0) is 25.1 Å². The molecule has 0 atom stereocenters. The minimum Gasteiger partial charge on any atom is -0.491 e. The highest BCUT2D eigenvalue weighted by Gasteiger charge is 2.29. The van der Waals surface area contributed by atoms with Gasteiger partial charge in [0, 0.05) is 26.2 Å². The molecule has 7 nitrogen and oxygen atoms in total. The Hall–Kier alpha value is -1.78. The molecule has 24 heavy (non-hydrogen) atoms. The smallest absolute Gasteiger partial charge is 0.243 e. The Kier molecular flexibility index (Phi) is 4.97. The van der Waals surface area contributed by atoms with Crippen LogP contribution in [0, 0.1) is 5.82 Å². The van der Waals surface area contributed by atoms with Gasteiger partial charge in [-0.3, -0.25) is 0 Å². The zero-order chi connectivity index (χ0) is 17.2. The third-order valence-electron chi connectivity index (χ3n) is 3.75. The van der Waals surface area contributed by atoms with Gasteiger partial charge < -0.3 is 9.64 Å². The van der Waals surface area contributed by atoms with Crippen molar-refractivity contribution >= 4 is 27.6 Å². The van der Waals surface area contributed by atoms with Gasteiger partial charge in [0.25, 0.3) is 0 Å². The van der Waals surface area contributed by atoms with Crippen LogP contribution in [-0.2, 0) is 10.0 Å². The summed E-state index contributed by atoms with van der Waals surface area (Å²) in [6.07, 6.45) is 1.66. The molecule has 0 unspecified atom stereocenters. The van der Waals surface area contributed by atoms with Crippen molar-refractivity contribution in [2.45, 2.75) is 11.8 Å². The van der Waals surface area contributed by atoms with E-state index in [1.54, 1.807) is 13.1 Å². The predicted octanol–water partition coefficient (Wildman–Crippen LogP) is 1.59. The van der Waals surface area contributed by atoms with Crippen molar-refractivity contribution in [1.29, 1.82) is 0 Å². The van der Waals surface area contributed by atoms with Crippen LogP contribution in [0.2, 0.25) is 0 Å². The van der Waals surface area contributed by atoms with Gasteiger partial charge in [-0.2, -0.15) is 13.1 Å². The first-order valence-electron chi connectivity index (χ1n) is 7.47. The Morgan fingerprint density at radius 1 is 1.29 bits per heavy atom. The molecule has 1 aliphatic heterocycles. The van der Waals surface area contributed by atoms with E-state index in [0.717, 1.165) is 23.6 Å². The van der Waals surface area contributed by atoms with Gasteiger partial charge in [-0.15, -0.1) is 0 Å². The van der Waals surface area contributed by atoms with E-state index in [2.05, 4.69) is 8.75 Å². The van der Waals surface area contributed by atoms with Gasteiger partial charge in [0.1, 0.15) is 0 Å². The average Bonchev–Trinajstić information content (AvgIpc) is 3.11. The molecule has 0 spiro atoms. The van der Waals surface area contributed by atoms with E-state index in [1.165, 1.54) is 16.4 Å². The maximum Gasteiger partial charge on any atom is 0.243 e. The number of anilines is 1. The van der Waals surface area contributed by atoms with Gasteiger partial charge in [0.15, 0.2) is 17.4 Å². The predicted molar refractivity (Wildman–Crippen MR) is 88.4 cm³/mol. The van der Waals surface area contributed by atoms with Gasteiger partial charge in [0.2, 0.25) is 10.0 Å². The first-order chi connectivity index (χ1) is 11.5. The summed E-state index contributed by atoms with van der Waals surface area (Å²) in [5.74, 6) is 0.131. The summed E-state index contributed by atoms with van der Waals surface area (Å²) in [5.41, 5.74) is 0. The summed E-state index contributed by atoms with van der Waals surface area (Å²) in [4.78, 5) is 1.92. The maximum atomic E-state index is 14.0. The third kappa shape index (κ3) is 3.35. The molecular weight excluding hydrogens is 355 g/mol. The van der Waals surface area contributed by atoms with Crippen molar-refractivity contribution in [2.24, 2.45) is 0 Å². The molecule has 0 N–H and O–H groups in total. The molecule has 1 aromatic carbocycles. The quantitative estimate of drug-likeness (QED) is 0.793. The molecular formula is C14H17FN4O3S2. The number of benzene rings is 1. The van der Waals surface area contributed by atoms with Crippen LogP contribution in [0.15, 0.2) is 29.3 Å². The zero-order valence-corrected chi connectivity index (χ0v) is 14.7. The van der Waals surface area contributed by atoms with Gasteiger partial charge in [-0.25, -0.2) is 12.8 Å². The molecule has 10 heteroatoms. The Morgan fingerprint density at radius 3 is 2.62 bits per heavy atom. The summed E-state index contributed by atoms with van der Waals surface area (Å²) < 4.78 is 53.9. The number of halogens is 1. The number of nitrogens with zero attached hydrogens (tertiary/aromatic N) is 4. The molecule has 0 saturated carbocycles. The van der Waals surface area contributed by atoms with Crippen LogP contribution in [0.4, 0.5) is 10.2 Å². The van der Waals surface area contributed by atoms with Crippen LogP contribution >= 0.6 is 11.7 Å². The fraction of sp³-hybridized carbons (Fsp3) is 0.429. The molecule has 0 aliphatic carbocycles. The lowest BCUT2D eigenvalue weighted by molar-refractivity contribution is 0.321. The number of hydrogen-bond acceptors (Lipinski definition) is 7. The monoisotopic (exact) mass is 372 g/mol. The van der Waals surface area contributed by atoms with Crippen molar-refractivity contribution in [1.82, 2.24) is 13.1 Å². The largest absolute Gasteiger partial charge is 0.491 e. The van der Waals surface area contributed by atoms with E-state index in [4.69, 9.17) is 4.74 Å². The van der Waals surface area contributed by atoms with E-state index in [9.17, 15) is 12.8 Å². The molecule has 1 fully saturated rings. The van der Waals surface area contributed by atoms with E-state index < -0.39 is 15.8 Å². The van der Waals surface area contributed by atoms with Crippen LogP contribution in [0.25, 0.3) is 0 Å². The summed E-state index contributed by atoms with van der Waals surface area (Å²) in [5, 5.41) is 0. The van der Waals surface area contributed by atoms with Crippen LogP contribution < -0.4 is 9.64 Å². The number of sulfonamides is 1. The van der Waals surface area contributed by atoms with Crippen molar-refractivity contribution < 1.29 is 17.5 Å². The Morgan fingerprint density at radius 2 is 2.04 bits per heavy atom. The molecule has 2 aromatic rings.